The third kappa shape index (κ3) is 2.55. The van der Waals surface area contributed by atoms with Crippen molar-refractivity contribution < 1.29 is 19.4 Å². The Morgan fingerprint density at radius 3 is 2.50 bits per heavy atom. The van der Waals surface area contributed by atoms with Crippen molar-refractivity contribution in [3.8, 4) is 5.75 Å². The summed E-state index contributed by atoms with van der Waals surface area (Å²) in [5.74, 6) is -2.57. The van der Waals surface area contributed by atoms with Crippen LogP contribution in [-0.2, 0) is 9.53 Å². The molecule has 130 valence electrons. The summed E-state index contributed by atoms with van der Waals surface area (Å²) in [6, 6.07) is 19.5. The van der Waals surface area contributed by atoms with Gasteiger partial charge in [-0.3, -0.25) is 0 Å². The molecule has 1 N–H and O–H groups in total. The average Bonchev–Trinajstić information content (AvgIpc) is 2.67. The number of aliphatic hydroxyl groups is 1. The van der Waals surface area contributed by atoms with Crippen molar-refractivity contribution in [1.82, 2.24) is 0 Å². The molecule has 1 unspecified atom stereocenters. The van der Waals surface area contributed by atoms with Gasteiger partial charge >= 0.3 is 11.8 Å². The van der Waals surface area contributed by atoms with Gasteiger partial charge in [0.25, 0.3) is 0 Å². The van der Waals surface area contributed by atoms with Gasteiger partial charge in [-0.05, 0) is 29.5 Å². The number of rotatable bonds is 2. The fourth-order valence-electron chi connectivity index (χ4n) is 3.24. The highest BCUT2D eigenvalue weighted by Gasteiger charge is 2.43. The molecular weight excluding hydrogens is 328 g/mol. The zero-order valence-corrected chi connectivity index (χ0v) is 14.5. The summed E-state index contributed by atoms with van der Waals surface area (Å²) in [6.45, 7) is 2.01. The second kappa shape index (κ2) is 6.00. The van der Waals surface area contributed by atoms with Gasteiger partial charge < -0.3 is 14.6 Å². The summed E-state index contributed by atoms with van der Waals surface area (Å²) in [6.07, 6.45) is 1.42. The second-order valence-corrected chi connectivity index (χ2v) is 6.38. The first-order valence-electron chi connectivity index (χ1n) is 8.34. The number of carbonyl (C=O) groups is 1. The van der Waals surface area contributed by atoms with Crippen LogP contribution < -0.4 is 4.74 Å². The molecule has 1 aliphatic rings. The molecule has 0 aliphatic carbocycles. The minimum Gasteiger partial charge on any atom is -0.464 e. The number of methoxy groups -OCH3 is 1. The van der Waals surface area contributed by atoms with Crippen LogP contribution in [0.3, 0.4) is 0 Å². The van der Waals surface area contributed by atoms with E-state index < -0.39 is 11.8 Å². The van der Waals surface area contributed by atoms with E-state index in [-0.39, 0.29) is 0 Å². The van der Waals surface area contributed by atoms with Crippen LogP contribution in [0.15, 0.2) is 66.7 Å². The Hall–Kier alpha value is -3.11. The Labute approximate surface area is 151 Å². The molecule has 1 atom stereocenters. The largest absolute Gasteiger partial charge is 0.464 e. The lowest BCUT2D eigenvalue weighted by Gasteiger charge is -2.31. The molecule has 1 heterocycles. The normalized spacial score (nSPS) is 18.7. The van der Waals surface area contributed by atoms with Gasteiger partial charge in [0.1, 0.15) is 5.75 Å². The second-order valence-electron chi connectivity index (χ2n) is 6.38. The molecule has 0 aromatic heterocycles. The van der Waals surface area contributed by atoms with Crippen molar-refractivity contribution in [2.24, 2.45) is 0 Å². The van der Waals surface area contributed by atoms with Crippen LogP contribution in [0.1, 0.15) is 16.7 Å². The topological polar surface area (TPSA) is 55.8 Å². The Morgan fingerprint density at radius 1 is 1.04 bits per heavy atom. The maximum atomic E-state index is 12.2. The molecule has 0 spiro atoms. The summed E-state index contributed by atoms with van der Waals surface area (Å²) in [5.41, 5.74) is 3.56. The molecule has 4 nitrogen and oxygen atoms in total. The van der Waals surface area contributed by atoms with E-state index in [9.17, 15) is 9.90 Å². The molecule has 0 saturated heterocycles. The van der Waals surface area contributed by atoms with Gasteiger partial charge in [-0.2, -0.15) is 0 Å². The van der Waals surface area contributed by atoms with Crippen LogP contribution in [-0.4, -0.2) is 24.0 Å². The van der Waals surface area contributed by atoms with Crippen LogP contribution in [0, 0.1) is 6.92 Å². The van der Waals surface area contributed by atoms with E-state index in [2.05, 4.69) is 0 Å². The zero-order chi connectivity index (χ0) is 18.3. The highest BCUT2D eigenvalue weighted by molar-refractivity contribution is 5.99. The van der Waals surface area contributed by atoms with Gasteiger partial charge in [0.15, 0.2) is 0 Å². The molecule has 0 fully saturated rings. The number of carbonyl (C=O) groups excluding carboxylic acids is 1. The minimum atomic E-state index is -2.17. The number of benzene rings is 3. The van der Waals surface area contributed by atoms with E-state index in [0.29, 0.717) is 5.75 Å². The van der Waals surface area contributed by atoms with Gasteiger partial charge in [-0.15, -0.1) is 0 Å². The van der Waals surface area contributed by atoms with Crippen molar-refractivity contribution >= 4 is 22.3 Å². The number of aryl methyl sites for hydroxylation is 1. The van der Waals surface area contributed by atoms with E-state index in [4.69, 9.17) is 9.47 Å². The van der Waals surface area contributed by atoms with Gasteiger partial charge in [-0.1, -0.05) is 60.2 Å². The highest BCUT2D eigenvalue weighted by atomic mass is 16.7. The van der Waals surface area contributed by atoms with E-state index in [0.717, 1.165) is 33.0 Å². The first-order valence-corrected chi connectivity index (χ1v) is 8.34. The Morgan fingerprint density at radius 2 is 1.77 bits per heavy atom. The first kappa shape index (κ1) is 16.4. The van der Waals surface area contributed by atoms with Gasteiger partial charge in [0.05, 0.1) is 7.11 Å². The lowest BCUT2D eigenvalue weighted by molar-refractivity contribution is -0.183. The molecule has 4 heteroatoms. The molecule has 0 amide bonds. The third-order valence-electron chi connectivity index (χ3n) is 4.61. The first-order chi connectivity index (χ1) is 12.5. The number of hydrogen-bond acceptors (Lipinski definition) is 4. The van der Waals surface area contributed by atoms with Crippen LogP contribution in [0.25, 0.3) is 16.3 Å². The maximum Gasteiger partial charge on any atom is 0.383 e. The summed E-state index contributed by atoms with van der Waals surface area (Å²) in [4.78, 5) is 12.2. The smallest absolute Gasteiger partial charge is 0.383 e. The summed E-state index contributed by atoms with van der Waals surface area (Å²) < 4.78 is 10.5. The van der Waals surface area contributed by atoms with E-state index >= 15 is 0 Å². The van der Waals surface area contributed by atoms with E-state index in [1.165, 1.54) is 13.2 Å². The molecule has 3 aromatic rings. The average molecular weight is 346 g/mol. The fourth-order valence-corrected chi connectivity index (χ4v) is 3.24. The van der Waals surface area contributed by atoms with E-state index in [1.54, 1.807) is 0 Å². The molecule has 0 bridgehead atoms. The Kier molecular flexibility index (Phi) is 3.78. The van der Waals surface area contributed by atoms with Crippen molar-refractivity contribution in [2.45, 2.75) is 12.7 Å². The van der Waals surface area contributed by atoms with Crippen LogP contribution in [0.4, 0.5) is 0 Å². The minimum absolute atomic E-state index is 0.467. The number of hydrogen-bond donors (Lipinski definition) is 1. The summed E-state index contributed by atoms with van der Waals surface area (Å²) in [7, 11) is 1.22. The quantitative estimate of drug-likeness (QED) is 0.717. The Balaban J connectivity index is 2.00. The monoisotopic (exact) mass is 346 g/mol. The number of esters is 1. The highest BCUT2D eigenvalue weighted by Crippen LogP contribution is 2.43. The van der Waals surface area contributed by atoms with Crippen molar-refractivity contribution in [1.29, 1.82) is 0 Å². The molecule has 0 saturated carbocycles. The molecule has 3 aromatic carbocycles. The molecule has 26 heavy (non-hydrogen) atoms. The van der Waals surface area contributed by atoms with E-state index in [1.807, 2.05) is 67.6 Å². The van der Waals surface area contributed by atoms with Crippen LogP contribution >= 0.6 is 0 Å². The lowest BCUT2D eigenvalue weighted by atomic mass is 9.90. The number of ether oxygens (including phenoxy) is 2. The van der Waals surface area contributed by atoms with Gasteiger partial charge in [0, 0.05) is 17.0 Å². The molecule has 4 rings (SSSR count). The zero-order valence-electron chi connectivity index (χ0n) is 14.5. The van der Waals surface area contributed by atoms with Crippen molar-refractivity contribution in [3.63, 3.8) is 0 Å². The molecule has 0 radical (unpaired) electrons. The van der Waals surface area contributed by atoms with Crippen LogP contribution in [0.5, 0.6) is 5.75 Å². The van der Waals surface area contributed by atoms with Crippen LogP contribution in [0.2, 0.25) is 0 Å². The maximum absolute atomic E-state index is 12.2. The van der Waals surface area contributed by atoms with Gasteiger partial charge in [0.2, 0.25) is 0 Å². The molecule has 1 aliphatic heterocycles. The predicted octanol–water partition coefficient (Wildman–Crippen LogP) is 3.83. The summed E-state index contributed by atoms with van der Waals surface area (Å²) >= 11 is 0. The molecular formula is C22H18O4. The van der Waals surface area contributed by atoms with Crippen molar-refractivity contribution in [3.05, 3.63) is 83.4 Å². The summed E-state index contributed by atoms with van der Waals surface area (Å²) in [5, 5.41) is 12.6. The fraction of sp³-hybridized carbons (Fsp3) is 0.136. The third-order valence-corrected chi connectivity index (χ3v) is 4.61. The predicted molar refractivity (Wildman–Crippen MR) is 99.8 cm³/mol. The number of fused-ring (bicyclic) bond motifs is 3. The van der Waals surface area contributed by atoms with Crippen molar-refractivity contribution in [2.75, 3.05) is 7.11 Å². The lowest BCUT2D eigenvalue weighted by Crippen LogP contribution is -2.45. The standard InChI is InChI=1S/C22H18O4/c1-14-7-9-16(10-8-14)19-13-22(24,21(23)25-2)26-20-17-6-4-3-5-15(17)11-12-18(19)20/h3-13,24H,1-2H3. The van der Waals surface area contributed by atoms with Gasteiger partial charge in [-0.25, -0.2) is 4.79 Å². The SMILES string of the molecule is COC(=O)C1(O)C=C(c2ccc(C)cc2)c2ccc3ccccc3c2O1. The Bertz CT molecular complexity index is 1030.